The number of aromatic hydroxyl groups is 1. The van der Waals surface area contributed by atoms with Crippen molar-refractivity contribution in [1.29, 1.82) is 0 Å². The van der Waals surface area contributed by atoms with E-state index in [9.17, 15) is 14.7 Å². The summed E-state index contributed by atoms with van der Waals surface area (Å²) < 4.78 is 5.31. The molecule has 1 aromatic heterocycles. The Balaban J connectivity index is 2.49. The Kier molecular flexibility index (Phi) is 4.98. The number of rotatable bonds is 6. The van der Waals surface area contributed by atoms with E-state index in [1.165, 1.54) is 13.0 Å². The molecule has 2 aromatic rings. The van der Waals surface area contributed by atoms with Crippen molar-refractivity contribution in [3.63, 3.8) is 0 Å². The Morgan fingerprint density at radius 2 is 2.09 bits per heavy atom. The number of ketones is 1. The van der Waals surface area contributed by atoms with Gasteiger partial charge in [0.25, 0.3) is 0 Å². The molecule has 0 bridgehead atoms. The van der Waals surface area contributed by atoms with Crippen LogP contribution in [0.15, 0.2) is 27.4 Å². The maximum atomic E-state index is 11.9. The molecule has 0 atom stereocenters. The van der Waals surface area contributed by atoms with E-state index in [1.54, 1.807) is 12.1 Å². The zero-order chi connectivity index (χ0) is 16.3. The highest BCUT2D eigenvalue weighted by molar-refractivity contribution is 5.97. The topological polar surface area (TPSA) is 70.8 Å². The smallest absolute Gasteiger partial charge is 0.347 e. The van der Waals surface area contributed by atoms with Gasteiger partial charge in [-0.2, -0.15) is 0 Å². The third-order valence-corrected chi connectivity index (χ3v) is 3.68. The van der Waals surface area contributed by atoms with Crippen LogP contribution in [0.2, 0.25) is 0 Å². The lowest BCUT2D eigenvalue weighted by atomic mass is 10.1. The Morgan fingerprint density at radius 3 is 2.73 bits per heavy atom. The lowest BCUT2D eigenvalue weighted by molar-refractivity contribution is 0.101. The zero-order valence-corrected chi connectivity index (χ0v) is 13.2. The Labute approximate surface area is 129 Å². The first-order valence-electron chi connectivity index (χ1n) is 7.42. The van der Waals surface area contributed by atoms with Crippen LogP contribution in [-0.2, 0) is 6.54 Å². The number of hydrogen-bond donors (Lipinski definition) is 1. The van der Waals surface area contributed by atoms with Gasteiger partial charge in [-0.15, -0.1) is 0 Å². The van der Waals surface area contributed by atoms with Crippen molar-refractivity contribution < 1.29 is 14.3 Å². The number of carbonyl (C=O) groups is 1. The summed E-state index contributed by atoms with van der Waals surface area (Å²) in [5, 5.41) is 10.7. The minimum Gasteiger partial charge on any atom is -0.507 e. The first-order chi connectivity index (χ1) is 10.4. The van der Waals surface area contributed by atoms with Crippen LogP contribution in [0.1, 0.15) is 42.6 Å². The number of phenolic OH excluding ortho intramolecular Hbond substituents is 1. The van der Waals surface area contributed by atoms with Crippen LogP contribution in [0.25, 0.3) is 11.0 Å². The van der Waals surface area contributed by atoms with Crippen LogP contribution < -0.4 is 5.63 Å². The summed E-state index contributed by atoms with van der Waals surface area (Å²) in [5.74, 6) is -0.236. The highest BCUT2D eigenvalue weighted by Crippen LogP contribution is 2.28. The van der Waals surface area contributed by atoms with E-state index in [4.69, 9.17) is 4.42 Å². The molecular formula is C17H21NO4. The normalized spacial score (nSPS) is 11.3. The fraction of sp³-hybridized carbons (Fsp3) is 0.412. The van der Waals surface area contributed by atoms with E-state index in [1.807, 2.05) is 7.05 Å². The Bertz CT molecular complexity index is 748. The predicted molar refractivity (Wildman–Crippen MR) is 85.4 cm³/mol. The predicted octanol–water partition coefficient (Wildman–Crippen LogP) is 2.93. The molecule has 0 aliphatic carbocycles. The lowest BCUT2D eigenvalue weighted by Gasteiger charge is -2.17. The highest BCUT2D eigenvalue weighted by atomic mass is 16.4. The van der Waals surface area contributed by atoms with Crippen LogP contribution in [0.3, 0.4) is 0 Å². The molecule has 0 saturated carbocycles. The van der Waals surface area contributed by atoms with Crippen molar-refractivity contribution in [2.45, 2.75) is 33.2 Å². The van der Waals surface area contributed by atoms with Crippen molar-refractivity contribution in [2.75, 3.05) is 13.6 Å². The second-order valence-corrected chi connectivity index (χ2v) is 5.58. The van der Waals surface area contributed by atoms with Crippen molar-refractivity contribution in [1.82, 2.24) is 4.90 Å². The molecule has 0 aliphatic rings. The van der Waals surface area contributed by atoms with E-state index in [2.05, 4.69) is 11.8 Å². The van der Waals surface area contributed by atoms with Gasteiger partial charge in [-0.1, -0.05) is 13.3 Å². The summed E-state index contributed by atoms with van der Waals surface area (Å²) in [6.45, 7) is 4.82. The van der Waals surface area contributed by atoms with E-state index in [0.29, 0.717) is 23.1 Å². The maximum absolute atomic E-state index is 11.9. The summed E-state index contributed by atoms with van der Waals surface area (Å²) in [5.41, 5.74) is 0.285. The third kappa shape index (κ3) is 3.36. The molecule has 5 heteroatoms. The lowest BCUT2D eigenvalue weighted by Crippen LogP contribution is -2.19. The molecule has 0 unspecified atom stereocenters. The average molecular weight is 303 g/mol. The van der Waals surface area contributed by atoms with Gasteiger partial charge in [0.2, 0.25) is 0 Å². The molecule has 0 aliphatic heterocycles. The van der Waals surface area contributed by atoms with Crippen molar-refractivity contribution >= 4 is 16.8 Å². The minimum absolute atomic E-state index is 0.0310. The molecule has 22 heavy (non-hydrogen) atoms. The summed E-state index contributed by atoms with van der Waals surface area (Å²) >= 11 is 0. The monoisotopic (exact) mass is 303 g/mol. The highest BCUT2D eigenvalue weighted by Gasteiger charge is 2.15. The van der Waals surface area contributed by atoms with Crippen LogP contribution in [0, 0.1) is 0 Å². The number of benzene rings is 1. The Morgan fingerprint density at radius 1 is 1.36 bits per heavy atom. The van der Waals surface area contributed by atoms with Gasteiger partial charge < -0.3 is 14.4 Å². The van der Waals surface area contributed by atoms with Crippen LogP contribution in [0.5, 0.6) is 5.75 Å². The molecule has 0 spiro atoms. The zero-order valence-electron chi connectivity index (χ0n) is 13.2. The maximum Gasteiger partial charge on any atom is 0.347 e. The number of hydrogen-bond acceptors (Lipinski definition) is 5. The third-order valence-electron chi connectivity index (χ3n) is 3.68. The van der Waals surface area contributed by atoms with Gasteiger partial charge in [-0.3, -0.25) is 4.79 Å². The largest absolute Gasteiger partial charge is 0.507 e. The quantitative estimate of drug-likeness (QED) is 0.656. The molecular weight excluding hydrogens is 282 g/mol. The standard InChI is InChI=1S/C17H21NO4/c1-4-5-8-18(3)10-14-15(20)7-6-12-9-13(11(2)19)17(21)22-16(12)14/h6-7,9,20H,4-5,8,10H2,1-3H3. The van der Waals surface area contributed by atoms with Gasteiger partial charge in [-0.05, 0) is 45.1 Å². The molecule has 5 nitrogen and oxygen atoms in total. The number of carbonyl (C=O) groups excluding carboxylic acids is 1. The fourth-order valence-electron chi connectivity index (χ4n) is 2.41. The van der Waals surface area contributed by atoms with Crippen molar-refractivity contribution in [2.24, 2.45) is 0 Å². The molecule has 1 aromatic carbocycles. The summed E-state index contributed by atoms with van der Waals surface area (Å²) in [6.07, 6.45) is 2.14. The molecule has 1 N–H and O–H groups in total. The van der Waals surface area contributed by atoms with Gasteiger partial charge in [0.05, 0.1) is 5.56 Å². The van der Waals surface area contributed by atoms with Crippen LogP contribution >= 0.6 is 0 Å². The van der Waals surface area contributed by atoms with E-state index in [-0.39, 0.29) is 17.1 Å². The number of nitrogens with zero attached hydrogens (tertiary/aromatic N) is 1. The number of fused-ring (bicyclic) bond motifs is 1. The van der Waals surface area contributed by atoms with Gasteiger partial charge in [0.15, 0.2) is 5.78 Å². The first-order valence-corrected chi connectivity index (χ1v) is 7.42. The van der Waals surface area contributed by atoms with Gasteiger partial charge in [0.1, 0.15) is 16.9 Å². The fourth-order valence-corrected chi connectivity index (χ4v) is 2.41. The van der Waals surface area contributed by atoms with E-state index < -0.39 is 5.63 Å². The number of unbranched alkanes of at least 4 members (excludes halogenated alkanes) is 1. The average Bonchev–Trinajstić information content (AvgIpc) is 2.47. The van der Waals surface area contributed by atoms with Gasteiger partial charge >= 0.3 is 5.63 Å². The summed E-state index contributed by atoms with van der Waals surface area (Å²) in [7, 11) is 1.95. The molecule has 0 amide bonds. The second-order valence-electron chi connectivity index (χ2n) is 5.58. The molecule has 0 radical (unpaired) electrons. The first kappa shape index (κ1) is 16.2. The number of phenols is 1. The van der Waals surface area contributed by atoms with E-state index >= 15 is 0 Å². The Hall–Kier alpha value is -2.14. The second kappa shape index (κ2) is 6.75. The molecule has 2 rings (SSSR count). The van der Waals surface area contributed by atoms with Crippen molar-refractivity contribution in [3.05, 3.63) is 39.7 Å². The molecule has 1 heterocycles. The van der Waals surface area contributed by atoms with Gasteiger partial charge in [-0.25, -0.2) is 4.79 Å². The molecule has 118 valence electrons. The number of Topliss-reactive ketones (excluding diaryl/α,β-unsaturated/α-hetero) is 1. The van der Waals surface area contributed by atoms with Gasteiger partial charge in [0, 0.05) is 11.9 Å². The summed E-state index contributed by atoms with van der Waals surface area (Å²) in [6, 6.07) is 4.74. The van der Waals surface area contributed by atoms with Crippen LogP contribution in [0.4, 0.5) is 0 Å². The van der Waals surface area contributed by atoms with Crippen molar-refractivity contribution in [3.8, 4) is 5.75 Å². The SMILES string of the molecule is CCCCN(C)Cc1c(O)ccc2cc(C(C)=O)c(=O)oc12. The molecule has 0 fully saturated rings. The van der Waals surface area contributed by atoms with Crippen LogP contribution in [-0.4, -0.2) is 29.4 Å². The summed E-state index contributed by atoms with van der Waals surface area (Å²) in [4.78, 5) is 25.4. The molecule has 0 saturated heterocycles. The minimum atomic E-state index is -0.664. The van der Waals surface area contributed by atoms with E-state index in [0.717, 1.165) is 19.4 Å².